The van der Waals surface area contributed by atoms with Crippen molar-refractivity contribution in [3.8, 4) is 0 Å². The summed E-state index contributed by atoms with van der Waals surface area (Å²) >= 11 is 0. The summed E-state index contributed by atoms with van der Waals surface area (Å²) in [6.45, 7) is 2.96. The fourth-order valence-electron chi connectivity index (χ4n) is 2.36. The van der Waals surface area contributed by atoms with Crippen LogP contribution in [0.1, 0.15) is 25.3 Å². The SMILES string of the molecule is C[C@H]1NCCC[C@H]1NC(=O)Cc1cccc(F)c1F. The second kappa shape index (κ2) is 6.10. The molecule has 0 bridgehead atoms. The van der Waals surface area contributed by atoms with Gasteiger partial charge in [0.2, 0.25) is 5.91 Å². The van der Waals surface area contributed by atoms with E-state index in [0.717, 1.165) is 25.5 Å². The van der Waals surface area contributed by atoms with E-state index in [0.29, 0.717) is 0 Å². The minimum atomic E-state index is -0.938. The number of rotatable bonds is 3. The largest absolute Gasteiger partial charge is 0.352 e. The molecule has 0 unspecified atom stereocenters. The molecule has 2 N–H and O–H groups in total. The summed E-state index contributed by atoms with van der Waals surface area (Å²) in [6.07, 6.45) is 1.78. The Morgan fingerprint density at radius 2 is 2.26 bits per heavy atom. The smallest absolute Gasteiger partial charge is 0.224 e. The Bertz CT molecular complexity index is 465. The third kappa shape index (κ3) is 3.50. The lowest BCUT2D eigenvalue weighted by Crippen LogP contribution is -2.52. The summed E-state index contributed by atoms with van der Waals surface area (Å²) in [6, 6.07) is 4.14. The number of carbonyl (C=O) groups excluding carboxylic acids is 1. The Morgan fingerprint density at radius 3 is 3.00 bits per heavy atom. The highest BCUT2D eigenvalue weighted by Gasteiger charge is 2.22. The van der Waals surface area contributed by atoms with E-state index in [1.54, 1.807) is 0 Å². The highest BCUT2D eigenvalue weighted by atomic mass is 19.2. The Morgan fingerprint density at radius 1 is 1.47 bits per heavy atom. The number of halogens is 2. The lowest BCUT2D eigenvalue weighted by Gasteiger charge is -2.30. The Kier molecular flexibility index (Phi) is 4.47. The van der Waals surface area contributed by atoms with Crippen LogP contribution in [0, 0.1) is 11.6 Å². The molecule has 1 amide bonds. The quantitative estimate of drug-likeness (QED) is 0.877. The lowest BCUT2D eigenvalue weighted by atomic mass is 9.99. The van der Waals surface area contributed by atoms with E-state index < -0.39 is 11.6 Å². The summed E-state index contributed by atoms with van der Waals surface area (Å²) in [4.78, 5) is 11.9. The third-order valence-corrected chi connectivity index (χ3v) is 3.49. The molecule has 0 radical (unpaired) electrons. The molecule has 1 aromatic rings. The number of hydrogen-bond acceptors (Lipinski definition) is 2. The van der Waals surface area contributed by atoms with Crippen LogP contribution >= 0.6 is 0 Å². The van der Waals surface area contributed by atoms with E-state index in [1.165, 1.54) is 12.1 Å². The highest BCUT2D eigenvalue weighted by molar-refractivity contribution is 5.79. The first kappa shape index (κ1) is 13.9. The van der Waals surface area contributed by atoms with Crippen molar-refractivity contribution in [2.24, 2.45) is 0 Å². The number of carbonyl (C=O) groups is 1. The van der Waals surface area contributed by atoms with Crippen molar-refractivity contribution in [1.29, 1.82) is 0 Å². The zero-order chi connectivity index (χ0) is 13.8. The normalized spacial score (nSPS) is 23.1. The van der Waals surface area contributed by atoms with Gasteiger partial charge in [0.15, 0.2) is 11.6 Å². The van der Waals surface area contributed by atoms with Gasteiger partial charge < -0.3 is 10.6 Å². The molecule has 5 heteroatoms. The first-order valence-corrected chi connectivity index (χ1v) is 6.53. The van der Waals surface area contributed by atoms with Crippen LogP contribution in [0.15, 0.2) is 18.2 Å². The molecule has 3 nitrogen and oxygen atoms in total. The topological polar surface area (TPSA) is 41.1 Å². The molecule has 1 fully saturated rings. The molecule has 2 atom stereocenters. The van der Waals surface area contributed by atoms with Crippen LogP contribution in [0.5, 0.6) is 0 Å². The van der Waals surface area contributed by atoms with Gasteiger partial charge >= 0.3 is 0 Å². The summed E-state index contributed by atoms with van der Waals surface area (Å²) in [5.41, 5.74) is 0.0916. The highest BCUT2D eigenvalue weighted by Crippen LogP contribution is 2.13. The molecule has 1 aliphatic rings. The number of amides is 1. The van der Waals surface area contributed by atoms with Crippen LogP contribution in [0.3, 0.4) is 0 Å². The van der Waals surface area contributed by atoms with Crippen LogP contribution < -0.4 is 10.6 Å². The van der Waals surface area contributed by atoms with Gasteiger partial charge in [0.1, 0.15) is 0 Å². The second-order valence-corrected chi connectivity index (χ2v) is 4.95. The maximum Gasteiger partial charge on any atom is 0.224 e. The van der Waals surface area contributed by atoms with Crippen LogP contribution in [-0.4, -0.2) is 24.5 Å². The third-order valence-electron chi connectivity index (χ3n) is 3.49. The average molecular weight is 268 g/mol. The van der Waals surface area contributed by atoms with E-state index >= 15 is 0 Å². The molecular formula is C14H18F2N2O. The fraction of sp³-hybridized carbons (Fsp3) is 0.500. The standard InChI is InChI=1S/C14H18F2N2O/c1-9-12(6-3-7-17-9)18-13(19)8-10-4-2-5-11(15)14(10)16/h2,4-5,9,12,17H,3,6-8H2,1H3,(H,18,19)/t9-,12-/m1/s1. The molecule has 2 rings (SSSR count). The fourth-order valence-corrected chi connectivity index (χ4v) is 2.36. The molecule has 0 saturated carbocycles. The van der Waals surface area contributed by atoms with Crippen LogP contribution in [0.2, 0.25) is 0 Å². The molecule has 0 aliphatic carbocycles. The molecule has 1 aliphatic heterocycles. The average Bonchev–Trinajstić information content (AvgIpc) is 2.38. The van der Waals surface area contributed by atoms with Gasteiger partial charge in [0.25, 0.3) is 0 Å². The maximum absolute atomic E-state index is 13.4. The summed E-state index contributed by atoms with van der Waals surface area (Å²) < 4.78 is 26.5. The number of benzene rings is 1. The minimum absolute atomic E-state index is 0.0536. The van der Waals surface area contributed by atoms with Gasteiger partial charge in [-0.25, -0.2) is 8.78 Å². The monoisotopic (exact) mass is 268 g/mol. The van der Waals surface area contributed by atoms with Gasteiger partial charge in [-0.2, -0.15) is 0 Å². The van der Waals surface area contributed by atoms with Gasteiger partial charge in [-0.1, -0.05) is 12.1 Å². The molecule has 0 aromatic heterocycles. The van der Waals surface area contributed by atoms with Crippen molar-refractivity contribution in [3.05, 3.63) is 35.4 Å². The van der Waals surface area contributed by atoms with Gasteiger partial charge in [0.05, 0.1) is 6.42 Å². The molecule has 104 valence electrons. The molecule has 1 saturated heterocycles. The minimum Gasteiger partial charge on any atom is -0.352 e. The maximum atomic E-state index is 13.4. The Balaban J connectivity index is 1.95. The lowest BCUT2D eigenvalue weighted by molar-refractivity contribution is -0.121. The van der Waals surface area contributed by atoms with Crippen molar-refractivity contribution >= 4 is 5.91 Å². The van der Waals surface area contributed by atoms with Crippen molar-refractivity contribution in [2.45, 2.75) is 38.3 Å². The molecule has 1 heterocycles. The number of piperidine rings is 1. The van der Waals surface area contributed by atoms with E-state index in [4.69, 9.17) is 0 Å². The van der Waals surface area contributed by atoms with Gasteiger partial charge in [-0.05, 0) is 32.4 Å². The molecule has 19 heavy (non-hydrogen) atoms. The summed E-state index contributed by atoms with van der Waals surface area (Å²) in [7, 11) is 0. The first-order chi connectivity index (χ1) is 9.08. The first-order valence-electron chi connectivity index (χ1n) is 6.53. The van der Waals surface area contributed by atoms with Crippen molar-refractivity contribution in [3.63, 3.8) is 0 Å². The van der Waals surface area contributed by atoms with Gasteiger partial charge in [0, 0.05) is 17.6 Å². The second-order valence-electron chi connectivity index (χ2n) is 4.95. The molecule has 1 aromatic carbocycles. The van der Waals surface area contributed by atoms with E-state index in [9.17, 15) is 13.6 Å². The number of nitrogens with one attached hydrogen (secondary N) is 2. The predicted molar refractivity (Wildman–Crippen MR) is 68.7 cm³/mol. The zero-order valence-electron chi connectivity index (χ0n) is 10.9. The van der Waals surface area contributed by atoms with Crippen molar-refractivity contribution in [1.82, 2.24) is 10.6 Å². The van der Waals surface area contributed by atoms with Crippen LogP contribution in [0.4, 0.5) is 8.78 Å². The zero-order valence-corrected chi connectivity index (χ0v) is 10.9. The van der Waals surface area contributed by atoms with Crippen molar-refractivity contribution < 1.29 is 13.6 Å². The molecule has 0 spiro atoms. The molecular weight excluding hydrogens is 250 g/mol. The predicted octanol–water partition coefficient (Wildman–Crippen LogP) is 1.76. The van der Waals surface area contributed by atoms with Crippen molar-refractivity contribution in [2.75, 3.05) is 6.54 Å². The Labute approximate surface area is 111 Å². The van der Waals surface area contributed by atoms with Gasteiger partial charge in [-0.15, -0.1) is 0 Å². The van der Waals surface area contributed by atoms with Crippen LogP contribution in [0.25, 0.3) is 0 Å². The van der Waals surface area contributed by atoms with Gasteiger partial charge in [-0.3, -0.25) is 4.79 Å². The van der Waals surface area contributed by atoms with Crippen LogP contribution in [-0.2, 0) is 11.2 Å². The van der Waals surface area contributed by atoms with E-state index in [2.05, 4.69) is 10.6 Å². The van der Waals surface area contributed by atoms with E-state index in [1.807, 2.05) is 6.92 Å². The Hall–Kier alpha value is -1.49. The summed E-state index contributed by atoms with van der Waals surface area (Å²) in [5.74, 6) is -2.13. The number of hydrogen-bond donors (Lipinski definition) is 2. The summed E-state index contributed by atoms with van der Waals surface area (Å²) in [5, 5.41) is 6.15. The van der Waals surface area contributed by atoms with E-state index in [-0.39, 0.29) is 30.0 Å².